The molecule has 0 unspecified atom stereocenters. The van der Waals surface area contributed by atoms with Gasteiger partial charge in [0.2, 0.25) is 5.88 Å². The zero-order valence-electron chi connectivity index (χ0n) is 14.7. The molecular formula is C19H18N6O2. The number of nitrogen functional groups attached to an aromatic ring is 1. The summed E-state index contributed by atoms with van der Waals surface area (Å²) in [6.07, 6.45) is 3.56. The van der Waals surface area contributed by atoms with Crippen LogP contribution in [0.5, 0.6) is 5.88 Å². The molecule has 0 atom stereocenters. The molecule has 0 radical (unpaired) electrons. The maximum atomic E-state index is 12.4. The maximum Gasteiger partial charge on any atom is 0.270 e. The van der Waals surface area contributed by atoms with Crippen LogP contribution in [0.15, 0.2) is 48.8 Å². The third-order valence-corrected chi connectivity index (χ3v) is 3.80. The average Bonchev–Trinajstić information content (AvgIpc) is 3.21. The number of anilines is 1. The average molecular weight is 362 g/mol. The van der Waals surface area contributed by atoms with Gasteiger partial charge in [-0.1, -0.05) is 12.1 Å². The van der Waals surface area contributed by atoms with Gasteiger partial charge in [0.1, 0.15) is 17.3 Å². The van der Waals surface area contributed by atoms with E-state index in [0.29, 0.717) is 13.2 Å². The van der Waals surface area contributed by atoms with Crippen LogP contribution in [0.1, 0.15) is 28.5 Å². The number of pyridine rings is 1. The number of ether oxygens (including phenoxy) is 1. The first-order valence-electron chi connectivity index (χ1n) is 8.33. The predicted octanol–water partition coefficient (Wildman–Crippen LogP) is 2.05. The Hall–Kier alpha value is -3.86. The fourth-order valence-corrected chi connectivity index (χ4v) is 2.47. The van der Waals surface area contributed by atoms with Gasteiger partial charge in [0, 0.05) is 18.9 Å². The highest BCUT2D eigenvalue weighted by atomic mass is 16.5. The quantitative estimate of drug-likeness (QED) is 0.693. The molecule has 0 saturated heterocycles. The zero-order chi connectivity index (χ0) is 19.2. The Kier molecular flexibility index (Phi) is 5.33. The highest BCUT2D eigenvalue weighted by Crippen LogP contribution is 2.22. The van der Waals surface area contributed by atoms with Gasteiger partial charge in [-0.25, -0.2) is 9.67 Å². The van der Waals surface area contributed by atoms with Gasteiger partial charge in [-0.2, -0.15) is 10.4 Å². The summed E-state index contributed by atoms with van der Waals surface area (Å²) in [4.78, 5) is 16.5. The van der Waals surface area contributed by atoms with Crippen LogP contribution in [-0.4, -0.2) is 27.3 Å². The van der Waals surface area contributed by atoms with Crippen molar-refractivity contribution in [2.75, 3.05) is 12.3 Å². The minimum atomic E-state index is -0.400. The molecule has 0 saturated carbocycles. The maximum absolute atomic E-state index is 12.4. The molecule has 2 heterocycles. The number of carbonyl (C=O) groups is 1. The van der Waals surface area contributed by atoms with Crippen molar-refractivity contribution >= 4 is 11.6 Å². The first-order chi connectivity index (χ1) is 13.1. The molecule has 0 aliphatic carbocycles. The molecule has 3 aromatic rings. The minimum absolute atomic E-state index is 0.0636. The molecule has 8 nitrogen and oxygen atoms in total. The van der Waals surface area contributed by atoms with Crippen LogP contribution in [0.4, 0.5) is 5.69 Å². The second-order valence-corrected chi connectivity index (χ2v) is 5.62. The van der Waals surface area contributed by atoms with Crippen LogP contribution in [0, 0.1) is 11.3 Å². The molecular weight excluding hydrogens is 344 g/mol. The molecule has 0 spiro atoms. The predicted molar refractivity (Wildman–Crippen MR) is 99.3 cm³/mol. The van der Waals surface area contributed by atoms with Crippen molar-refractivity contribution in [3.63, 3.8) is 0 Å². The standard InChI is InChI=1S/C19H18N6O2/c1-2-27-19-15(11-20)16(21)10-17(24-19)18(26)22-12-13-4-6-14(7-5-13)25-9-3-8-23-25/h3-10H,2,12H2,1H3,(H2,21,24)(H,22,26). The lowest BCUT2D eigenvalue weighted by atomic mass is 10.2. The Bertz CT molecular complexity index is 975. The molecule has 0 aliphatic heterocycles. The van der Waals surface area contributed by atoms with E-state index in [1.165, 1.54) is 6.07 Å². The molecule has 27 heavy (non-hydrogen) atoms. The molecule has 0 fully saturated rings. The van der Waals surface area contributed by atoms with Crippen molar-refractivity contribution in [3.8, 4) is 17.6 Å². The van der Waals surface area contributed by atoms with Crippen LogP contribution in [0.3, 0.4) is 0 Å². The van der Waals surface area contributed by atoms with E-state index in [0.717, 1.165) is 11.3 Å². The van der Waals surface area contributed by atoms with Gasteiger partial charge in [-0.3, -0.25) is 4.79 Å². The third-order valence-electron chi connectivity index (χ3n) is 3.80. The van der Waals surface area contributed by atoms with Crippen LogP contribution >= 0.6 is 0 Å². The molecule has 2 aromatic heterocycles. The van der Waals surface area contributed by atoms with Gasteiger partial charge in [0.15, 0.2) is 0 Å². The minimum Gasteiger partial charge on any atom is -0.477 e. The van der Waals surface area contributed by atoms with E-state index in [-0.39, 0.29) is 22.8 Å². The van der Waals surface area contributed by atoms with E-state index in [4.69, 9.17) is 15.7 Å². The first kappa shape index (κ1) is 17.9. The molecule has 136 valence electrons. The van der Waals surface area contributed by atoms with Gasteiger partial charge in [-0.15, -0.1) is 0 Å². The van der Waals surface area contributed by atoms with E-state index in [2.05, 4.69) is 15.4 Å². The molecule has 3 N–H and O–H groups in total. The van der Waals surface area contributed by atoms with E-state index >= 15 is 0 Å². The summed E-state index contributed by atoms with van der Waals surface area (Å²) >= 11 is 0. The summed E-state index contributed by atoms with van der Waals surface area (Å²) in [5.41, 5.74) is 8.08. The molecule has 0 aliphatic rings. The first-order valence-corrected chi connectivity index (χ1v) is 8.33. The summed E-state index contributed by atoms with van der Waals surface area (Å²) in [6, 6.07) is 12.8. The van der Waals surface area contributed by atoms with Crippen LogP contribution in [0.25, 0.3) is 5.69 Å². The van der Waals surface area contributed by atoms with E-state index in [9.17, 15) is 4.79 Å². The van der Waals surface area contributed by atoms with E-state index in [1.807, 2.05) is 42.6 Å². The van der Waals surface area contributed by atoms with Gasteiger partial charge in [0.05, 0.1) is 18.0 Å². The molecule has 1 aromatic carbocycles. The monoisotopic (exact) mass is 362 g/mol. The summed E-state index contributed by atoms with van der Waals surface area (Å²) in [5, 5.41) is 16.1. The second kappa shape index (κ2) is 8.01. The topological polar surface area (TPSA) is 119 Å². The van der Waals surface area contributed by atoms with Crippen molar-refractivity contribution in [3.05, 3.63) is 65.6 Å². The van der Waals surface area contributed by atoms with E-state index < -0.39 is 5.91 Å². The molecule has 0 bridgehead atoms. The number of amides is 1. The van der Waals surface area contributed by atoms with Crippen molar-refractivity contribution in [2.45, 2.75) is 13.5 Å². The summed E-state index contributed by atoms with van der Waals surface area (Å²) in [7, 11) is 0. The van der Waals surface area contributed by atoms with Crippen LogP contribution in [0.2, 0.25) is 0 Å². The second-order valence-electron chi connectivity index (χ2n) is 5.62. The van der Waals surface area contributed by atoms with Gasteiger partial charge in [-0.05, 0) is 36.8 Å². The smallest absolute Gasteiger partial charge is 0.270 e. The summed E-state index contributed by atoms with van der Waals surface area (Å²) in [5.74, 6) is -0.336. The Morgan fingerprint density at radius 1 is 1.37 bits per heavy atom. The van der Waals surface area contributed by atoms with Crippen molar-refractivity contribution in [1.82, 2.24) is 20.1 Å². The zero-order valence-corrected chi connectivity index (χ0v) is 14.7. The fourth-order valence-electron chi connectivity index (χ4n) is 2.47. The third kappa shape index (κ3) is 4.04. The highest BCUT2D eigenvalue weighted by Gasteiger charge is 2.16. The van der Waals surface area contributed by atoms with Gasteiger partial charge in [0.25, 0.3) is 5.91 Å². The van der Waals surface area contributed by atoms with Crippen LogP contribution in [-0.2, 0) is 6.54 Å². The number of benzene rings is 1. The number of rotatable bonds is 6. The molecule has 1 amide bonds. The number of nitrogens with two attached hydrogens (primary N) is 1. The SMILES string of the molecule is CCOc1nc(C(=O)NCc2ccc(-n3cccn3)cc2)cc(N)c1C#N. The number of nitrogens with one attached hydrogen (secondary N) is 1. The lowest BCUT2D eigenvalue weighted by molar-refractivity contribution is 0.0945. The Balaban J connectivity index is 1.70. The Morgan fingerprint density at radius 2 is 2.15 bits per heavy atom. The summed E-state index contributed by atoms with van der Waals surface area (Å²) in [6.45, 7) is 2.40. The Morgan fingerprint density at radius 3 is 2.78 bits per heavy atom. The van der Waals surface area contributed by atoms with Crippen LogP contribution < -0.4 is 15.8 Å². The number of nitriles is 1. The van der Waals surface area contributed by atoms with Crippen molar-refractivity contribution in [2.24, 2.45) is 0 Å². The van der Waals surface area contributed by atoms with E-state index in [1.54, 1.807) is 17.8 Å². The number of nitrogens with zero attached hydrogens (tertiary/aromatic N) is 4. The number of aromatic nitrogens is 3. The van der Waals surface area contributed by atoms with Gasteiger partial charge < -0.3 is 15.8 Å². The lowest BCUT2D eigenvalue weighted by Crippen LogP contribution is -2.24. The molecule has 3 rings (SSSR count). The lowest BCUT2D eigenvalue weighted by Gasteiger charge is -2.10. The largest absolute Gasteiger partial charge is 0.477 e. The fraction of sp³-hybridized carbons (Fsp3) is 0.158. The van der Waals surface area contributed by atoms with Gasteiger partial charge >= 0.3 is 0 Å². The van der Waals surface area contributed by atoms with Crippen molar-refractivity contribution in [1.29, 1.82) is 5.26 Å². The Labute approximate surface area is 156 Å². The normalized spacial score (nSPS) is 10.2. The number of hydrogen-bond donors (Lipinski definition) is 2. The number of carbonyl (C=O) groups excluding carboxylic acids is 1. The molecule has 8 heteroatoms. The number of hydrogen-bond acceptors (Lipinski definition) is 6. The highest BCUT2D eigenvalue weighted by molar-refractivity contribution is 5.93. The van der Waals surface area contributed by atoms with Crippen molar-refractivity contribution < 1.29 is 9.53 Å². The summed E-state index contributed by atoms with van der Waals surface area (Å²) < 4.78 is 7.06.